The van der Waals surface area contributed by atoms with Crippen LogP contribution >= 0.6 is 11.3 Å². The van der Waals surface area contributed by atoms with E-state index in [1.54, 1.807) is 26.0 Å². The van der Waals surface area contributed by atoms with E-state index in [2.05, 4.69) is 20.3 Å². The second-order valence-corrected chi connectivity index (χ2v) is 10.6. The summed E-state index contributed by atoms with van der Waals surface area (Å²) < 4.78 is 43.8. The number of nitrogens with one attached hydrogen (secondary N) is 1. The zero-order chi connectivity index (χ0) is 27.1. The molecule has 1 aliphatic carbocycles. The summed E-state index contributed by atoms with van der Waals surface area (Å²) in [5, 5.41) is 13.8. The lowest BCUT2D eigenvalue weighted by molar-refractivity contribution is -0.150. The molecule has 1 aliphatic rings. The molecule has 0 spiro atoms. The lowest BCUT2D eigenvalue weighted by atomic mass is 9.80. The minimum Gasteiger partial charge on any atom is -0.469 e. The number of aliphatic hydroxyl groups excluding tert-OH is 1. The fraction of sp³-hybridized carbons (Fsp3) is 0.400. The number of esters is 1. The van der Waals surface area contributed by atoms with Crippen LogP contribution in [0.4, 0.5) is 24.8 Å². The van der Waals surface area contributed by atoms with E-state index in [9.17, 15) is 27.9 Å². The number of thiazole rings is 1. The molecular formula is C25H25F3N4O4S. The zero-order valence-electron chi connectivity index (χ0n) is 20.5. The molecule has 1 saturated carbocycles. The SMILES string of the molecule is COC(=O)C1CC(C(=O)c2ncc(-c3cc(C)cc(Nc4nccc(C(F)(F)F)n4)c3)s2)C(O)C1(C)C. The number of aliphatic hydroxyl groups is 1. The summed E-state index contributed by atoms with van der Waals surface area (Å²) in [6, 6.07) is 6.06. The van der Waals surface area contributed by atoms with Crippen molar-refractivity contribution in [1.29, 1.82) is 0 Å². The molecular weight excluding hydrogens is 509 g/mol. The smallest absolute Gasteiger partial charge is 0.433 e. The van der Waals surface area contributed by atoms with E-state index in [0.717, 1.165) is 29.2 Å². The van der Waals surface area contributed by atoms with Crippen LogP contribution < -0.4 is 5.32 Å². The number of rotatable bonds is 6. The Bertz CT molecular complexity index is 1340. The summed E-state index contributed by atoms with van der Waals surface area (Å²) in [5.41, 5.74) is 0.0587. The number of carbonyl (C=O) groups excluding carboxylic acids is 2. The first kappa shape index (κ1) is 26.7. The van der Waals surface area contributed by atoms with Crippen molar-refractivity contribution in [3.05, 3.63) is 52.9 Å². The highest BCUT2D eigenvalue weighted by Gasteiger charge is 2.54. The minimum absolute atomic E-state index is 0.157. The zero-order valence-corrected chi connectivity index (χ0v) is 21.3. The molecule has 12 heteroatoms. The van der Waals surface area contributed by atoms with E-state index in [-0.39, 0.29) is 23.2 Å². The van der Waals surface area contributed by atoms with Crippen LogP contribution in [0.2, 0.25) is 0 Å². The van der Waals surface area contributed by atoms with Crippen molar-refractivity contribution in [2.45, 2.75) is 39.5 Å². The van der Waals surface area contributed by atoms with Gasteiger partial charge in [-0.3, -0.25) is 9.59 Å². The number of ether oxygens (including phenoxy) is 1. The van der Waals surface area contributed by atoms with Crippen LogP contribution in [0.15, 0.2) is 36.7 Å². The Balaban J connectivity index is 1.57. The lowest BCUT2D eigenvalue weighted by Gasteiger charge is -2.28. The summed E-state index contributed by atoms with van der Waals surface area (Å²) in [4.78, 5) is 37.8. The summed E-state index contributed by atoms with van der Waals surface area (Å²) in [5.74, 6) is -2.45. The molecule has 37 heavy (non-hydrogen) atoms. The van der Waals surface area contributed by atoms with Crippen LogP contribution in [0.3, 0.4) is 0 Å². The molecule has 0 aliphatic heterocycles. The molecule has 0 bridgehead atoms. The molecule has 3 atom stereocenters. The van der Waals surface area contributed by atoms with Crippen molar-refractivity contribution < 1.29 is 32.6 Å². The highest BCUT2D eigenvalue weighted by Crippen LogP contribution is 2.48. The molecule has 0 amide bonds. The highest BCUT2D eigenvalue weighted by molar-refractivity contribution is 7.17. The standard InChI is InChI=1S/C25H25F3N4O4S/c1-12-7-13(9-14(8-12)31-23-29-6-5-18(32-23)25(26,27)28)17-11-30-21(37-17)19(33)15-10-16(22(35)36-4)24(2,3)20(15)34/h5-9,11,15-16,20,34H,10H2,1-4H3,(H,29,31,32). The Morgan fingerprint density at radius 1 is 1.22 bits per heavy atom. The van der Waals surface area contributed by atoms with Crippen LogP contribution in [-0.4, -0.2) is 45.0 Å². The predicted molar refractivity (Wildman–Crippen MR) is 130 cm³/mol. The number of carbonyl (C=O) groups is 2. The Morgan fingerprint density at radius 3 is 2.62 bits per heavy atom. The molecule has 0 radical (unpaired) electrons. The quantitative estimate of drug-likeness (QED) is 0.334. The first-order valence-corrected chi connectivity index (χ1v) is 12.2. The average Bonchev–Trinajstić information content (AvgIpc) is 3.41. The number of aryl methyl sites for hydroxylation is 1. The topological polar surface area (TPSA) is 114 Å². The summed E-state index contributed by atoms with van der Waals surface area (Å²) in [7, 11) is 1.27. The second kappa shape index (κ2) is 9.82. The number of halogens is 3. The normalized spacial score (nSPS) is 21.0. The highest BCUT2D eigenvalue weighted by atomic mass is 32.1. The first-order chi connectivity index (χ1) is 17.3. The van der Waals surface area contributed by atoms with Crippen molar-refractivity contribution in [2.75, 3.05) is 12.4 Å². The fourth-order valence-corrected chi connectivity index (χ4v) is 5.49. The van der Waals surface area contributed by atoms with Gasteiger partial charge in [0.2, 0.25) is 5.95 Å². The monoisotopic (exact) mass is 534 g/mol. The third kappa shape index (κ3) is 5.35. The lowest BCUT2D eigenvalue weighted by Crippen LogP contribution is -2.36. The predicted octanol–water partition coefficient (Wildman–Crippen LogP) is 5.05. The number of nitrogens with zero attached hydrogens (tertiary/aromatic N) is 3. The molecule has 196 valence electrons. The molecule has 1 aromatic carbocycles. The summed E-state index contributed by atoms with van der Waals surface area (Å²) in [6.45, 7) is 5.28. The van der Waals surface area contributed by atoms with E-state index in [1.807, 2.05) is 13.0 Å². The van der Waals surface area contributed by atoms with Crippen molar-refractivity contribution >= 4 is 34.7 Å². The van der Waals surface area contributed by atoms with Gasteiger partial charge < -0.3 is 15.2 Å². The molecule has 2 N–H and O–H groups in total. The van der Waals surface area contributed by atoms with Gasteiger partial charge in [-0.15, -0.1) is 11.3 Å². The van der Waals surface area contributed by atoms with E-state index >= 15 is 0 Å². The van der Waals surface area contributed by atoms with Crippen molar-refractivity contribution in [2.24, 2.45) is 17.3 Å². The van der Waals surface area contributed by atoms with Crippen LogP contribution in [0.1, 0.15) is 41.3 Å². The number of hydrogen-bond acceptors (Lipinski definition) is 9. The second-order valence-electron chi connectivity index (χ2n) is 9.55. The number of ketones is 1. The van der Waals surface area contributed by atoms with Gasteiger partial charge in [0.1, 0.15) is 5.69 Å². The number of Topliss-reactive ketones (excluding diaryl/α,β-unsaturated/α-hetero) is 1. The molecule has 3 aromatic rings. The van der Waals surface area contributed by atoms with Gasteiger partial charge in [0, 0.05) is 23.5 Å². The molecule has 0 saturated heterocycles. The van der Waals surface area contributed by atoms with E-state index in [0.29, 0.717) is 16.1 Å². The Hall–Kier alpha value is -3.38. The van der Waals surface area contributed by atoms with Gasteiger partial charge in [-0.1, -0.05) is 19.9 Å². The maximum atomic E-state index is 13.2. The molecule has 4 rings (SSSR count). The number of anilines is 2. The number of methoxy groups -OCH3 is 1. The number of aromatic nitrogens is 3. The summed E-state index contributed by atoms with van der Waals surface area (Å²) in [6.07, 6.45) is -2.93. The van der Waals surface area contributed by atoms with Crippen LogP contribution in [0.25, 0.3) is 10.4 Å². The Labute approximate surface area is 214 Å². The molecule has 3 unspecified atom stereocenters. The average molecular weight is 535 g/mol. The maximum absolute atomic E-state index is 13.2. The number of hydrogen-bond donors (Lipinski definition) is 2. The van der Waals surface area contributed by atoms with Gasteiger partial charge in [-0.05, 0) is 42.7 Å². The van der Waals surface area contributed by atoms with Crippen LogP contribution in [-0.2, 0) is 15.7 Å². The molecule has 2 aromatic heterocycles. The van der Waals surface area contributed by atoms with Crippen molar-refractivity contribution in [1.82, 2.24) is 15.0 Å². The molecule has 8 nitrogen and oxygen atoms in total. The third-order valence-corrected chi connectivity index (χ3v) is 7.70. The van der Waals surface area contributed by atoms with Gasteiger partial charge in [0.15, 0.2) is 10.8 Å². The van der Waals surface area contributed by atoms with Gasteiger partial charge in [0.05, 0.1) is 29.9 Å². The van der Waals surface area contributed by atoms with E-state index in [4.69, 9.17) is 4.74 Å². The molecule has 1 fully saturated rings. The largest absolute Gasteiger partial charge is 0.469 e. The van der Waals surface area contributed by atoms with E-state index in [1.165, 1.54) is 13.3 Å². The van der Waals surface area contributed by atoms with E-state index < -0.39 is 41.2 Å². The maximum Gasteiger partial charge on any atom is 0.433 e. The Morgan fingerprint density at radius 2 is 1.95 bits per heavy atom. The van der Waals surface area contributed by atoms with Crippen molar-refractivity contribution in [3.63, 3.8) is 0 Å². The van der Waals surface area contributed by atoms with Crippen LogP contribution in [0, 0.1) is 24.2 Å². The summed E-state index contributed by atoms with van der Waals surface area (Å²) >= 11 is 1.13. The van der Waals surface area contributed by atoms with Gasteiger partial charge in [-0.25, -0.2) is 15.0 Å². The number of benzene rings is 1. The van der Waals surface area contributed by atoms with Gasteiger partial charge >= 0.3 is 12.1 Å². The molecule has 2 heterocycles. The number of alkyl halides is 3. The van der Waals surface area contributed by atoms with Crippen LogP contribution in [0.5, 0.6) is 0 Å². The van der Waals surface area contributed by atoms with Gasteiger partial charge in [-0.2, -0.15) is 13.2 Å². The Kier molecular flexibility index (Phi) is 7.08. The van der Waals surface area contributed by atoms with Gasteiger partial charge in [0.25, 0.3) is 0 Å². The minimum atomic E-state index is -4.60. The third-order valence-electron chi connectivity index (χ3n) is 6.63. The first-order valence-electron chi connectivity index (χ1n) is 11.4. The van der Waals surface area contributed by atoms with Crippen molar-refractivity contribution in [3.8, 4) is 10.4 Å². The fourth-order valence-electron chi connectivity index (χ4n) is 4.59.